The fourth-order valence-corrected chi connectivity index (χ4v) is 1.98. The number of halogens is 4. The molecule has 2 nitrogen and oxygen atoms in total. The minimum atomic E-state index is -0.713. The maximum Gasteiger partial charge on any atom is 0.339 e. The van der Waals surface area contributed by atoms with Gasteiger partial charge in [0, 0.05) is 5.56 Å². The van der Waals surface area contributed by atoms with Crippen molar-refractivity contribution in [2.45, 2.75) is 6.61 Å². The van der Waals surface area contributed by atoms with E-state index in [0.717, 1.165) is 18.2 Å². The molecular weight excluding hydrogens is 309 g/mol. The number of esters is 1. The third kappa shape index (κ3) is 3.46. The third-order valence-electron chi connectivity index (χ3n) is 2.52. The van der Waals surface area contributed by atoms with Crippen molar-refractivity contribution >= 4 is 29.2 Å². The Hall–Kier alpha value is -1.65. The third-order valence-corrected chi connectivity index (χ3v) is 3.19. The van der Waals surface area contributed by atoms with Gasteiger partial charge in [-0.2, -0.15) is 0 Å². The molecule has 0 aromatic heterocycles. The van der Waals surface area contributed by atoms with E-state index in [4.69, 9.17) is 27.9 Å². The van der Waals surface area contributed by atoms with Gasteiger partial charge in [0.1, 0.15) is 18.2 Å². The topological polar surface area (TPSA) is 26.3 Å². The van der Waals surface area contributed by atoms with Crippen LogP contribution in [-0.4, -0.2) is 5.97 Å². The zero-order valence-electron chi connectivity index (χ0n) is 10.00. The van der Waals surface area contributed by atoms with E-state index in [1.54, 1.807) is 0 Å². The van der Waals surface area contributed by atoms with Crippen molar-refractivity contribution in [2.75, 3.05) is 0 Å². The Balaban J connectivity index is 2.08. The molecule has 0 aliphatic carbocycles. The first-order valence-corrected chi connectivity index (χ1v) is 6.29. The lowest BCUT2D eigenvalue weighted by Crippen LogP contribution is -2.06. The maximum atomic E-state index is 12.9. The highest BCUT2D eigenvalue weighted by Crippen LogP contribution is 2.21. The van der Waals surface area contributed by atoms with Crippen molar-refractivity contribution in [1.82, 2.24) is 0 Å². The van der Waals surface area contributed by atoms with E-state index in [0.29, 0.717) is 5.56 Å². The van der Waals surface area contributed by atoms with Crippen LogP contribution in [0, 0.1) is 11.6 Å². The Bertz CT molecular complexity index is 660. The maximum absolute atomic E-state index is 12.9. The molecule has 0 heterocycles. The van der Waals surface area contributed by atoms with E-state index < -0.39 is 17.6 Å². The van der Waals surface area contributed by atoms with Crippen LogP contribution in [0.15, 0.2) is 36.4 Å². The van der Waals surface area contributed by atoms with E-state index in [1.807, 2.05) is 0 Å². The predicted molar refractivity (Wildman–Crippen MR) is 71.9 cm³/mol. The van der Waals surface area contributed by atoms with Gasteiger partial charge in [-0.1, -0.05) is 29.3 Å². The molecule has 0 radical (unpaired) electrons. The molecule has 0 spiro atoms. The highest BCUT2D eigenvalue weighted by Gasteiger charge is 2.13. The van der Waals surface area contributed by atoms with Crippen LogP contribution >= 0.6 is 23.2 Å². The summed E-state index contributed by atoms with van der Waals surface area (Å²) in [7, 11) is 0. The molecule has 0 bridgehead atoms. The second-order valence-corrected chi connectivity index (χ2v) is 4.75. The smallest absolute Gasteiger partial charge is 0.339 e. The van der Waals surface area contributed by atoms with Gasteiger partial charge in [-0.15, -0.1) is 0 Å². The van der Waals surface area contributed by atoms with Crippen molar-refractivity contribution in [2.24, 2.45) is 0 Å². The molecule has 2 rings (SSSR count). The lowest BCUT2D eigenvalue weighted by molar-refractivity contribution is 0.0473. The molecule has 104 valence electrons. The van der Waals surface area contributed by atoms with E-state index in [2.05, 4.69) is 0 Å². The summed E-state index contributed by atoms with van der Waals surface area (Å²) >= 11 is 11.5. The largest absolute Gasteiger partial charge is 0.457 e. The summed E-state index contributed by atoms with van der Waals surface area (Å²) in [6.45, 7) is -0.133. The Morgan fingerprint density at radius 2 is 1.60 bits per heavy atom. The summed E-state index contributed by atoms with van der Waals surface area (Å²) in [5, 5.41) is 0.114. The quantitative estimate of drug-likeness (QED) is 0.772. The van der Waals surface area contributed by atoms with Crippen molar-refractivity contribution in [3.8, 4) is 0 Å². The first-order valence-electron chi connectivity index (χ1n) is 5.53. The molecule has 0 amide bonds. The van der Waals surface area contributed by atoms with Crippen LogP contribution < -0.4 is 0 Å². The van der Waals surface area contributed by atoms with Crippen LogP contribution in [0.25, 0.3) is 0 Å². The van der Waals surface area contributed by atoms with E-state index >= 15 is 0 Å². The number of ether oxygens (including phenoxy) is 1. The minimum absolute atomic E-state index is 0.0415. The Labute approximate surface area is 123 Å². The molecule has 2 aromatic carbocycles. The average Bonchev–Trinajstić information content (AvgIpc) is 2.37. The van der Waals surface area contributed by atoms with Gasteiger partial charge < -0.3 is 4.74 Å². The van der Waals surface area contributed by atoms with Crippen LogP contribution in [0.2, 0.25) is 10.0 Å². The Kier molecular flexibility index (Phi) is 4.57. The second kappa shape index (κ2) is 6.20. The zero-order valence-corrected chi connectivity index (χ0v) is 11.5. The monoisotopic (exact) mass is 316 g/mol. The van der Waals surface area contributed by atoms with Crippen LogP contribution in [0.1, 0.15) is 15.9 Å². The van der Waals surface area contributed by atoms with Gasteiger partial charge in [-0.05, 0) is 30.3 Å². The molecule has 6 heteroatoms. The molecule has 0 unspecified atom stereocenters. The van der Waals surface area contributed by atoms with Gasteiger partial charge >= 0.3 is 5.97 Å². The number of carbonyl (C=O) groups excluding carboxylic acids is 1. The minimum Gasteiger partial charge on any atom is -0.457 e. The number of hydrogen-bond donors (Lipinski definition) is 0. The molecule has 0 N–H and O–H groups in total. The Morgan fingerprint density at radius 3 is 2.20 bits per heavy atom. The number of rotatable bonds is 3. The lowest BCUT2D eigenvalue weighted by atomic mass is 10.2. The first-order chi connectivity index (χ1) is 9.47. The van der Waals surface area contributed by atoms with Gasteiger partial charge in [-0.3, -0.25) is 0 Å². The lowest BCUT2D eigenvalue weighted by Gasteiger charge is -2.07. The average molecular weight is 317 g/mol. The predicted octanol–water partition coefficient (Wildman–Crippen LogP) is 4.63. The molecule has 2 aromatic rings. The summed E-state index contributed by atoms with van der Waals surface area (Å²) < 4.78 is 30.7. The van der Waals surface area contributed by atoms with E-state index in [9.17, 15) is 13.6 Å². The molecular formula is C14H8Cl2F2O2. The van der Waals surface area contributed by atoms with Crippen molar-refractivity contribution in [1.29, 1.82) is 0 Å². The van der Waals surface area contributed by atoms with Gasteiger partial charge in [0.2, 0.25) is 0 Å². The van der Waals surface area contributed by atoms with Crippen LogP contribution in [-0.2, 0) is 11.3 Å². The summed E-state index contributed by atoms with van der Waals surface area (Å²) in [5.41, 5.74) is 0.506. The molecule has 0 aliphatic heterocycles. The number of carbonyl (C=O) groups is 1. The fourth-order valence-electron chi connectivity index (χ4n) is 1.51. The van der Waals surface area contributed by atoms with Gasteiger partial charge in [-0.25, -0.2) is 13.6 Å². The van der Waals surface area contributed by atoms with E-state index in [1.165, 1.54) is 18.2 Å². The fraction of sp³-hybridized carbons (Fsp3) is 0.0714. The SMILES string of the molecule is O=C(OCc1ccc(F)cc1Cl)c1ccc(F)cc1Cl. The van der Waals surface area contributed by atoms with E-state index in [-0.39, 0.29) is 22.2 Å². The highest BCUT2D eigenvalue weighted by atomic mass is 35.5. The van der Waals surface area contributed by atoms with Crippen LogP contribution in [0.5, 0.6) is 0 Å². The van der Waals surface area contributed by atoms with Gasteiger partial charge in [0.05, 0.1) is 15.6 Å². The summed E-state index contributed by atoms with van der Waals surface area (Å²) in [4.78, 5) is 11.8. The molecule has 0 saturated carbocycles. The molecule has 0 atom stereocenters. The van der Waals surface area contributed by atoms with Gasteiger partial charge in [0.25, 0.3) is 0 Å². The van der Waals surface area contributed by atoms with Gasteiger partial charge in [0.15, 0.2) is 0 Å². The van der Waals surface area contributed by atoms with Crippen molar-refractivity contribution in [3.63, 3.8) is 0 Å². The molecule has 0 saturated heterocycles. The zero-order chi connectivity index (χ0) is 14.7. The van der Waals surface area contributed by atoms with Crippen LogP contribution in [0.3, 0.4) is 0 Å². The number of benzene rings is 2. The van der Waals surface area contributed by atoms with Crippen molar-refractivity contribution < 1.29 is 18.3 Å². The highest BCUT2D eigenvalue weighted by molar-refractivity contribution is 6.33. The van der Waals surface area contributed by atoms with Crippen LogP contribution in [0.4, 0.5) is 8.78 Å². The normalized spacial score (nSPS) is 10.4. The summed E-state index contributed by atoms with van der Waals surface area (Å²) in [6.07, 6.45) is 0. The van der Waals surface area contributed by atoms with Crippen molar-refractivity contribution in [3.05, 3.63) is 69.2 Å². The molecule has 20 heavy (non-hydrogen) atoms. The first kappa shape index (κ1) is 14.8. The summed E-state index contributed by atoms with van der Waals surface area (Å²) in [6, 6.07) is 7.09. The number of hydrogen-bond acceptors (Lipinski definition) is 2. The Morgan fingerprint density at radius 1 is 1.00 bits per heavy atom. The second-order valence-electron chi connectivity index (χ2n) is 3.94. The molecule has 0 aliphatic rings. The summed E-state index contributed by atoms with van der Waals surface area (Å²) in [5.74, 6) is -1.74. The standard InChI is InChI=1S/C14H8Cl2F2O2/c15-12-5-9(17)2-1-8(12)7-20-14(19)11-4-3-10(18)6-13(11)16/h1-6H,7H2. The molecule has 0 fully saturated rings.